The molecule has 1 unspecified atom stereocenters. The van der Waals surface area contributed by atoms with Crippen molar-refractivity contribution in [1.29, 1.82) is 0 Å². The van der Waals surface area contributed by atoms with Gasteiger partial charge in [0.05, 0.1) is 6.61 Å². The number of aliphatic hydroxyl groups is 1. The van der Waals surface area contributed by atoms with E-state index < -0.39 is 17.5 Å². The second-order valence-electron chi connectivity index (χ2n) is 6.12. The Labute approximate surface area is 152 Å². The van der Waals surface area contributed by atoms with Crippen LogP contribution in [0.2, 0.25) is 0 Å². The molecule has 1 amide bonds. The molecule has 1 atom stereocenters. The maximum atomic E-state index is 12.5. The maximum Gasteiger partial charge on any atom is 0.348 e. The largest absolute Gasteiger partial charge is 0.463 e. The van der Waals surface area contributed by atoms with Gasteiger partial charge in [0.15, 0.2) is 0 Å². The predicted octanol–water partition coefficient (Wildman–Crippen LogP) is 2.51. The molecule has 0 aromatic heterocycles. The van der Waals surface area contributed by atoms with Crippen LogP contribution >= 0.6 is 0 Å². The topological polar surface area (TPSA) is 76.1 Å². The Hall–Kier alpha value is -2.86. The highest BCUT2D eigenvalue weighted by molar-refractivity contribution is 6.07. The third-order valence-corrected chi connectivity index (χ3v) is 4.25. The van der Waals surface area contributed by atoms with Crippen LogP contribution in [-0.2, 0) is 20.9 Å². The molecule has 0 bridgehead atoms. The predicted molar refractivity (Wildman–Crippen MR) is 94.6 cm³/mol. The van der Waals surface area contributed by atoms with Crippen molar-refractivity contribution in [3.8, 4) is 11.5 Å². The van der Waals surface area contributed by atoms with E-state index in [4.69, 9.17) is 9.47 Å². The summed E-state index contributed by atoms with van der Waals surface area (Å²) in [7, 11) is 0. The van der Waals surface area contributed by atoms with Gasteiger partial charge in [-0.2, -0.15) is 0 Å². The van der Waals surface area contributed by atoms with Gasteiger partial charge in [-0.3, -0.25) is 4.79 Å². The van der Waals surface area contributed by atoms with Gasteiger partial charge in [0.1, 0.15) is 11.5 Å². The van der Waals surface area contributed by atoms with Crippen LogP contribution < -0.4 is 4.74 Å². The molecule has 1 aliphatic rings. The first-order chi connectivity index (χ1) is 12.5. The van der Waals surface area contributed by atoms with Crippen LogP contribution in [0.15, 0.2) is 54.6 Å². The molecule has 0 aliphatic carbocycles. The number of likely N-dealkylation sites (tertiary alicyclic amines) is 1. The zero-order valence-corrected chi connectivity index (χ0v) is 14.6. The first kappa shape index (κ1) is 17.9. The van der Waals surface area contributed by atoms with Crippen LogP contribution in [0, 0.1) is 0 Å². The molecule has 1 fully saturated rings. The number of nitrogens with zero attached hydrogens (tertiary/aromatic N) is 1. The Morgan fingerprint density at radius 1 is 1.15 bits per heavy atom. The van der Waals surface area contributed by atoms with Crippen LogP contribution in [0.1, 0.15) is 18.9 Å². The number of para-hydroxylation sites is 1. The van der Waals surface area contributed by atoms with Gasteiger partial charge >= 0.3 is 5.97 Å². The number of rotatable bonds is 6. The average Bonchev–Trinajstić information content (AvgIpc) is 2.93. The average molecular weight is 355 g/mol. The summed E-state index contributed by atoms with van der Waals surface area (Å²) in [5, 5.41) is 10.4. The zero-order valence-electron chi connectivity index (χ0n) is 14.6. The van der Waals surface area contributed by atoms with E-state index in [1.165, 1.54) is 4.90 Å². The molecule has 6 nitrogen and oxygen atoms in total. The number of esters is 1. The normalized spacial score (nSPS) is 19.5. The summed E-state index contributed by atoms with van der Waals surface area (Å²) in [6, 6.07) is 16.8. The molecular formula is C20H21NO5. The van der Waals surface area contributed by atoms with Gasteiger partial charge in [0.2, 0.25) is 5.60 Å². The molecule has 136 valence electrons. The van der Waals surface area contributed by atoms with Crippen LogP contribution in [0.5, 0.6) is 11.5 Å². The fourth-order valence-corrected chi connectivity index (χ4v) is 2.91. The molecule has 0 radical (unpaired) electrons. The van der Waals surface area contributed by atoms with E-state index in [-0.39, 0.29) is 26.1 Å². The van der Waals surface area contributed by atoms with Crippen molar-refractivity contribution < 1.29 is 24.2 Å². The lowest BCUT2D eigenvalue weighted by Crippen LogP contribution is -2.47. The Balaban J connectivity index is 1.69. The lowest BCUT2D eigenvalue weighted by atomic mass is 10.0. The standard InChI is InChI=1S/C20H21NO5/c1-2-25-19(23)20(24)11-12-21(18(20)22)14-15-7-6-10-17(13-15)26-16-8-4-3-5-9-16/h3-10,13,24H,2,11-12,14H2,1H3. The highest BCUT2D eigenvalue weighted by Crippen LogP contribution is 2.27. The summed E-state index contributed by atoms with van der Waals surface area (Å²) >= 11 is 0. The SMILES string of the molecule is CCOC(=O)C1(O)CCN(Cc2cccc(Oc3ccccc3)c2)C1=O. The van der Waals surface area contributed by atoms with E-state index in [0.29, 0.717) is 5.75 Å². The Bertz CT molecular complexity index is 792. The number of benzene rings is 2. The van der Waals surface area contributed by atoms with Crippen molar-refractivity contribution in [3.63, 3.8) is 0 Å². The number of hydrogen-bond donors (Lipinski definition) is 1. The van der Waals surface area contributed by atoms with Gasteiger partial charge < -0.3 is 19.5 Å². The van der Waals surface area contributed by atoms with Crippen molar-refractivity contribution >= 4 is 11.9 Å². The summed E-state index contributed by atoms with van der Waals surface area (Å²) in [5.74, 6) is -0.126. The number of ether oxygens (including phenoxy) is 2. The molecule has 1 N–H and O–H groups in total. The van der Waals surface area contributed by atoms with Gasteiger partial charge in [-0.25, -0.2) is 4.79 Å². The summed E-state index contributed by atoms with van der Waals surface area (Å²) in [6.45, 7) is 2.33. The fraction of sp³-hybridized carbons (Fsp3) is 0.300. The molecule has 3 rings (SSSR count). The van der Waals surface area contributed by atoms with Crippen LogP contribution in [-0.4, -0.2) is 40.6 Å². The number of carbonyl (C=O) groups is 2. The summed E-state index contributed by atoms with van der Waals surface area (Å²) < 4.78 is 10.6. The quantitative estimate of drug-likeness (QED) is 0.636. The zero-order chi connectivity index (χ0) is 18.6. The lowest BCUT2D eigenvalue weighted by molar-refractivity contribution is -0.170. The van der Waals surface area contributed by atoms with Crippen LogP contribution in [0.3, 0.4) is 0 Å². The van der Waals surface area contributed by atoms with Crippen molar-refractivity contribution in [1.82, 2.24) is 4.90 Å². The van der Waals surface area contributed by atoms with Crippen molar-refractivity contribution in [2.75, 3.05) is 13.2 Å². The van der Waals surface area contributed by atoms with Gasteiger partial charge in [-0.05, 0) is 36.8 Å². The molecule has 6 heteroatoms. The minimum atomic E-state index is -2.08. The second kappa shape index (κ2) is 7.58. The third-order valence-electron chi connectivity index (χ3n) is 4.25. The van der Waals surface area contributed by atoms with E-state index in [2.05, 4.69) is 0 Å². The number of amides is 1. The molecule has 1 saturated heterocycles. The first-order valence-corrected chi connectivity index (χ1v) is 8.54. The van der Waals surface area contributed by atoms with E-state index in [1.54, 1.807) is 6.92 Å². The van der Waals surface area contributed by atoms with Crippen molar-refractivity contribution in [2.24, 2.45) is 0 Å². The molecule has 2 aromatic carbocycles. The Kier molecular flexibility index (Phi) is 5.23. The highest BCUT2D eigenvalue weighted by atomic mass is 16.6. The highest BCUT2D eigenvalue weighted by Gasteiger charge is 2.52. The molecule has 1 aliphatic heterocycles. The van der Waals surface area contributed by atoms with Gasteiger partial charge in [-0.1, -0.05) is 30.3 Å². The van der Waals surface area contributed by atoms with E-state index in [1.807, 2.05) is 54.6 Å². The van der Waals surface area contributed by atoms with E-state index >= 15 is 0 Å². The van der Waals surface area contributed by atoms with Crippen molar-refractivity contribution in [2.45, 2.75) is 25.5 Å². The third kappa shape index (κ3) is 3.70. The molecule has 0 spiro atoms. The summed E-state index contributed by atoms with van der Waals surface area (Å²) in [6.07, 6.45) is 0.0326. The number of carbonyl (C=O) groups excluding carboxylic acids is 2. The van der Waals surface area contributed by atoms with Crippen LogP contribution in [0.25, 0.3) is 0 Å². The molecule has 26 heavy (non-hydrogen) atoms. The summed E-state index contributed by atoms with van der Waals surface area (Å²) in [5.41, 5.74) is -1.23. The fourth-order valence-electron chi connectivity index (χ4n) is 2.91. The van der Waals surface area contributed by atoms with Gasteiger partial charge in [0.25, 0.3) is 5.91 Å². The number of hydrogen-bond acceptors (Lipinski definition) is 5. The Morgan fingerprint density at radius 3 is 2.62 bits per heavy atom. The lowest BCUT2D eigenvalue weighted by Gasteiger charge is -2.21. The van der Waals surface area contributed by atoms with Gasteiger partial charge in [0, 0.05) is 19.5 Å². The Morgan fingerprint density at radius 2 is 1.88 bits per heavy atom. The monoisotopic (exact) mass is 355 g/mol. The van der Waals surface area contributed by atoms with Gasteiger partial charge in [-0.15, -0.1) is 0 Å². The van der Waals surface area contributed by atoms with E-state index in [0.717, 1.165) is 11.3 Å². The molecule has 2 aromatic rings. The van der Waals surface area contributed by atoms with E-state index in [9.17, 15) is 14.7 Å². The first-order valence-electron chi connectivity index (χ1n) is 8.54. The smallest absolute Gasteiger partial charge is 0.348 e. The maximum absolute atomic E-state index is 12.5. The molecular weight excluding hydrogens is 334 g/mol. The molecule has 1 heterocycles. The minimum Gasteiger partial charge on any atom is -0.463 e. The minimum absolute atomic E-state index is 0.0326. The molecule has 0 saturated carbocycles. The van der Waals surface area contributed by atoms with Crippen LogP contribution in [0.4, 0.5) is 0 Å². The second-order valence-corrected chi connectivity index (χ2v) is 6.12. The van der Waals surface area contributed by atoms with Crippen molar-refractivity contribution in [3.05, 3.63) is 60.2 Å². The summed E-state index contributed by atoms with van der Waals surface area (Å²) in [4.78, 5) is 25.8.